The second kappa shape index (κ2) is 21.3. The van der Waals surface area contributed by atoms with Crippen LogP contribution in [0.25, 0.3) is 0 Å². The van der Waals surface area contributed by atoms with Crippen molar-refractivity contribution in [2.24, 2.45) is 0 Å². The van der Waals surface area contributed by atoms with Gasteiger partial charge in [-0.3, -0.25) is 0 Å². The van der Waals surface area contributed by atoms with E-state index in [1.54, 1.807) is 0 Å². The fourth-order valence-electron chi connectivity index (χ4n) is 0. The molecule has 0 aromatic carbocycles. The fraction of sp³-hybridized carbons (Fsp3) is 0. The molecule has 3 N–H and O–H groups in total. The summed E-state index contributed by atoms with van der Waals surface area (Å²) in [6, 6.07) is 0. The van der Waals surface area contributed by atoms with Crippen LogP contribution >= 0.6 is 0 Å². The van der Waals surface area contributed by atoms with Crippen LogP contribution in [0, 0.1) is 40.2 Å². The summed E-state index contributed by atoms with van der Waals surface area (Å²) in [7, 11) is 0. The molecule has 0 saturated carbocycles. The van der Waals surface area contributed by atoms with Gasteiger partial charge in [-0.05, 0) is 0 Å². The van der Waals surface area contributed by atoms with Crippen LogP contribution in [0.5, 0.6) is 0 Å². The Balaban J connectivity index is -0.00000000500. The van der Waals surface area contributed by atoms with Crippen LogP contribution in [0.3, 0.4) is 0 Å². The first kappa shape index (κ1) is 17.0. The molecule has 0 aromatic heterocycles. The molecule has 4 heavy (non-hydrogen) atoms. The normalized spacial score (nSPS) is 1.00. The Hall–Kier alpha value is 1.82. The SMILES string of the molecule is O.[Fe].[OH][Ce]. The minimum atomic E-state index is 0. The zero-order valence-electron chi connectivity index (χ0n) is 1.80. The molecule has 0 radical (unpaired) electrons. The monoisotopic (exact) mass is 231 g/mol. The van der Waals surface area contributed by atoms with E-state index in [2.05, 4.69) is 0 Å². The Kier molecular flexibility index (Phi) is 90.4. The van der Waals surface area contributed by atoms with Crippen LogP contribution in [-0.2, 0) is 17.1 Å². The summed E-state index contributed by atoms with van der Waals surface area (Å²) in [6.45, 7) is 0. The van der Waals surface area contributed by atoms with Crippen molar-refractivity contribution in [1.29, 1.82) is 0 Å². The van der Waals surface area contributed by atoms with Gasteiger partial charge in [-0.2, -0.15) is 0 Å². The third-order valence-corrected chi connectivity index (χ3v) is 0. The molecule has 0 aliphatic heterocycles. The molecule has 2 nitrogen and oxygen atoms in total. The van der Waals surface area contributed by atoms with E-state index in [4.69, 9.17) is 1.32 Å². The molecule has 0 fully saturated rings. The molecule has 0 saturated heterocycles. The summed E-state index contributed by atoms with van der Waals surface area (Å²) in [6.07, 6.45) is 0. The van der Waals surface area contributed by atoms with Crippen molar-refractivity contribution in [3.8, 4) is 0 Å². The summed E-state index contributed by atoms with van der Waals surface area (Å²) in [4.78, 5) is 0. The van der Waals surface area contributed by atoms with E-state index in [0.717, 1.165) is 0 Å². The van der Waals surface area contributed by atoms with Crippen molar-refractivity contribution in [2.45, 2.75) is 0 Å². The summed E-state index contributed by atoms with van der Waals surface area (Å²) >= 11 is 0.306. The molecule has 0 amide bonds. The molecule has 0 rings (SSSR count). The van der Waals surface area contributed by atoms with E-state index < -0.39 is 0 Å². The number of rotatable bonds is 0. The number of hydrogen-bond donors (Lipinski definition) is 1. The third kappa shape index (κ3) is 9.18. The summed E-state index contributed by atoms with van der Waals surface area (Å²) in [5.74, 6) is 0. The molecule has 0 heterocycles. The van der Waals surface area contributed by atoms with Gasteiger partial charge in [0, 0.05) is 17.1 Å². The summed E-state index contributed by atoms with van der Waals surface area (Å²) in [5, 5.41) is 0. The Bertz CT molecular complexity index is 6.00. The van der Waals surface area contributed by atoms with Gasteiger partial charge in [0.2, 0.25) is 0 Å². The molecule has 0 atom stereocenters. The van der Waals surface area contributed by atoms with Gasteiger partial charge in [0.1, 0.15) is 0 Å². The van der Waals surface area contributed by atoms with Crippen LogP contribution in [0.1, 0.15) is 0 Å². The molecule has 0 aliphatic rings. The predicted octanol–water partition coefficient (Wildman–Crippen LogP) is -1.38. The Labute approximate surface area is 63.2 Å². The molecule has 27 valence electrons. The molecule has 0 bridgehead atoms. The van der Waals surface area contributed by atoms with Crippen molar-refractivity contribution in [3.63, 3.8) is 0 Å². The molecular formula is H3CeFeO2. The second-order valence-electron chi connectivity index (χ2n) is 0. The quantitative estimate of drug-likeness (QED) is 0.513. The van der Waals surface area contributed by atoms with Crippen molar-refractivity contribution in [2.75, 3.05) is 0 Å². The van der Waals surface area contributed by atoms with Crippen LogP contribution in [0.4, 0.5) is 0 Å². The van der Waals surface area contributed by atoms with Crippen LogP contribution in [0.2, 0.25) is 0 Å². The van der Waals surface area contributed by atoms with Gasteiger partial charge in [0.25, 0.3) is 0 Å². The standard InChI is InChI=1S/Ce.Fe.2H2O/h;;2*1H2/q+1;;;/p-1. The first-order valence-electron chi connectivity index (χ1n) is 0.224. The Morgan fingerprint density at radius 2 is 1.25 bits per heavy atom. The second-order valence-corrected chi connectivity index (χ2v) is 0. The third-order valence-electron chi connectivity index (χ3n) is 0. The maximum absolute atomic E-state index is 7.14. The zero-order valence-corrected chi connectivity index (χ0v) is 6.05. The molecule has 0 spiro atoms. The molecule has 4 heteroatoms. The van der Waals surface area contributed by atoms with E-state index >= 15 is 0 Å². The van der Waals surface area contributed by atoms with E-state index in [0.29, 0.717) is 40.2 Å². The molecular weight excluding hydrogens is 228 g/mol. The fourth-order valence-corrected chi connectivity index (χ4v) is 0. The van der Waals surface area contributed by atoms with Gasteiger partial charge in [0.15, 0.2) is 0 Å². The summed E-state index contributed by atoms with van der Waals surface area (Å²) < 4.78 is 7.14. The van der Waals surface area contributed by atoms with Gasteiger partial charge >= 0.3 is 41.6 Å². The van der Waals surface area contributed by atoms with Gasteiger partial charge in [0.05, 0.1) is 0 Å². The van der Waals surface area contributed by atoms with E-state index in [9.17, 15) is 0 Å². The Morgan fingerprint density at radius 3 is 1.25 bits per heavy atom. The first-order valence-corrected chi connectivity index (χ1v) is 1.63. The van der Waals surface area contributed by atoms with Gasteiger partial charge in [-0.1, -0.05) is 0 Å². The van der Waals surface area contributed by atoms with Gasteiger partial charge in [-0.15, -0.1) is 0 Å². The van der Waals surface area contributed by atoms with Gasteiger partial charge < -0.3 is 5.48 Å². The van der Waals surface area contributed by atoms with Crippen LogP contribution < -0.4 is 0 Å². The first-order chi connectivity index (χ1) is 1.00. The summed E-state index contributed by atoms with van der Waals surface area (Å²) in [5.41, 5.74) is 0. The molecule has 0 aliphatic carbocycles. The van der Waals surface area contributed by atoms with E-state index in [1.165, 1.54) is 0 Å². The van der Waals surface area contributed by atoms with Crippen molar-refractivity contribution in [3.05, 3.63) is 0 Å². The van der Waals surface area contributed by atoms with E-state index in [1.807, 2.05) is 0 Å². The average Bonchev–Trinajstić information content (AvgIpc) is 1.00. The Morgan fingerprint density at radius 1 is 1.25 bits per heavy atom. The predicted molar refractivity (Wildman–Crippen MR) is 5.83 cm³/mol. The zero-order chi connectivity index (χ0) is 2.00. The molecule has 0 unspecified atom stereocenters. The van der Waals surface area contributed by atoms with Crippen LogP contribution in [0.15, 0.2) is 0 Å². The molecule has 0 aromatic rings. The topological polar surface area (TPSA) is 51.7 Å². The van der Waals surface area contributed by atoms with Crippen molar-refractivity contribution >= 4 is 0 Å². The van der Waals surface area contributed by atoms with Crippen LogP contribution in [-0.4, -0.2) is 6.80 Å². The minimum absolute atomic E-state index is 0. The van der Waals surface area contributed by atoms with Gasteiger partial charge in [-0.25, -0.2) is 0 Å². The van der Waals surface area contributed by atoms with Crippen molar-refractivity contribution < 1.29 is 64.1 Å². The average molecular weight is 231 g/mol. The maximum atomic E-state index is 7.14. The number of hydrogen-bond acceptors (Lipinski definition) is 1. The van der Waals surface area contributed by atoms with E-state index in [-0.39, 0.29) is 22.5 Å². The van der Waals surface area contributed by atoms with Crippen molar-refractivity contribution in [1.82, 2.24) is 0 Å².